The van der Waals surface area contributed by atoms with Crippen molar-refractivity contribution in [3.05, 3.63) is 41.0 Å². The summed E-state index contributed by atoms with van der Waals surface area (Å²) in [6.45, 7) is 8.44. The van der Waals surface area contributed by atoms with Crippen LogP contribution in [-0.4, -0.2) is 5.78 Å². The lowest BCUT2D eigenvalue weighted by molar-refractivity contribution is 0.101. The fraction of sp³-hybridized carbons (Fsp3) is 0.591. The largest absolute Gasteiger partial charge is 0.294 e. The summed E-state index contributed by atoms with van der Waals surface area (Å²) in [5, 5.41) is 0. The topological polar surface area (TPSA) is 17.1 Å². The Hall–Kier alpha value is -1.37. The van der Waals surface area contributed by atoms with E-state index in [0.29, 0.717) is 0 Å². The average molecular weight is 315 g/mol. The van der Waals surface area contributed by atoms with Crippen LogP contribution in [0.3, 0.4) is 0 Å². The summed E-state index contributed by atoms with van der Waals surface area (Å²) in [5.41, 5.74) is 5.13. The van der Waals surface area contributed by atoms with E-state index in [2.05, 4.69) is 32.9 Å². The van der Waals surface area contributed by atoms with Crippen LogP contribution in [0.2, 0.25) is 0 Å². The van der Waals surface area contributed by atoms with E-state index >= 15 is 0 Å². The van der Waals surface area contributed by atoms with Crippen molar-refractivity contribution in [1.29, 1.82) is 0 Å². The fourth-order valence-electron chi connectivity index (χ4n) is 3.12. The Labute approximate surface area is 143 Å². The minimum absolute atomic E-state index is 0.180. The minimum Gasteiger partial charge on any atom is -0.294 e. The summed E-state index contributed by atoms with van der Waals surface area (Å²) in [4.78, 5) is 12.1. The molecule has 0 N–H and O–H groups in total. The van der Waals surface area contributed by atoms with Crippen molar-refractivity contribution in [2.75, 3.05) is 0 Å². The zero-order valence-corrected chi connectivity index (χ0v) is 15.6. The first kappa shape index (κ1) is 19.7. The van der Waals surface area contributed by atoms with Gasteiger partial charge >= 0.3 is 0 Å². The zero-order valence-electron chi connectivity index (χ0n) is 15.6. The Balaban J connectivity index is 3.32. The summed E-state index contributed by atoms with van der Waals surface area (Å²) in [6, 6.07) is 8.20. The molecule has 1 heteroatoms. The lowest BCUT2D eigenvalue weighted by atomic mass is 9.86. The van der Waals surface area contributed by atoms with Crippen LogP contribution in [-0.2, 0) is 0 Å². The highest BCUT2D eigenvalue weighted by Gasteiger charge is 2.14. The third-order valence-electron chi connectivity index (χ3n) is 4.50. The van der Waals surface area contributed by atoms with E-state index in [9.17, 15) is 4.79 Å². The maximum atomic E-state index is 12.1. The van der Waals surface area contributed by atoms with Crippen molar-refractivity contribution in [1.82, 2.24) is 0 Å². The molecule has 0 aliphatic carbocycles. The van der Waals surface area contributed by atoms with Gasteiger partial charge in [-0.2, -0.15) is 0 Å². The molecule has 23 heavy (non-hydrogen) atoms. The van der Waals surface area contributed by atoms with Gasteiger partial charge in [-0.05, 0) is 56.6 Å². The van der Waals surface area contributed by atoms with E-state index < -0.39 is 0 Å². The first-order chi connectivity index (χ1) is 11.2. The molecule has 0 aromatic heterocycles. The van der Waals surface area contributed by atoms with E-state index in [0.717, 1.165) is 12.0 Å². The second-order valence-corrected chi connectivity index (χ2v) is 6.49. The van der Waals surface area contributed by atoms with Crippen LogP contribution < -0.4 is 0 Å². The quantitative estimate of drug-likeness (QED) is 0.394. The average Bonchev–Trinajstić information content (AvgIpc) is 2.57. The first-order valence-electron chi connectivity index (χ1n) is 9.46. The Morgan fingerprint density at radius 2 is 1.26 bits per heavy atom. The van der Waals surface area contributed by atoms with Crippen LogP contribution in [0.1, 0.15) is 101 Å². The number of Topliss-reactive ketones (excluding diaryl/α,β-unsaturated/α-hetero) is 1. The summed E-state index contributed by atoms with van der Waals surface area (Å²) >= 11 is 0. The molecule has 0 spiro atoms. The number of unbranched alkanes of at least 4 members (excludes halogenated alkanes) is 3. The molecule has 0 amide bonds. The highest BCUT2D eigenvalue weighted by atomic mass is 16.1. The van der Waals surface area contributed by atoms with Gasteiger partial charge in [-0.1, -0.05) is 69.9 Å². The van der Waals surface area contributed by atoms with Crippen LogP contribution in [0.15, 0.2) is 29.8 Å². The Morgan fingerprint density at radius 3 is 1.74 bits per heavy atom. The van der Waals surface area contributed by atoms with Gasteiger partial charge in [-0.15, -0.1) is 0 Å². The molecule has 0 aliphatic rings. The van der Waals surface area contributed by atoms with Gasteiger partial charge in [0.15, 0.2) is 5.78 Å². The van der Waals surface area contributed by atoms with Gasteiger partial charge < -0.3 is 0 Å². The number of carbonyl (C=O) groups excluding carboxylic acids is 1. The standard InChI is InChI=1S/C22H34O/c1-5-8-13-19(14-9-6-2)21(15-10-7-3)22-17-12-11-16-20(22)18(4)23/h11-12,16-17H,5-10,13-15H2,1-4H3. The van der Waals surface area contributed by atoms with E-state index in [-0.39, 0.29) is 5.78 Å². The lowest BCUT2D eigenvalue weighted by Gasteiger charge is -2.18. The molecule has 0 saturated heterocycles. The van der Waals surface area contributed by atoms with Crippen LogP contribution in [0.5, 0.6) is 0 Å². The summed E-state index contributed by atoms with van der Waals surface area (Å²) in [6.07, 6.45) is 10.8. The van der Waals surface area contributed by atoms with Gasteiger partial charge in [0.25, 0.3) is 0 Å². The van der Waals surface area contributed by atoms with E-state index in [1.165, 1.54) is 62.5 Å². The molecule has 0 unspecified atom stereocenters. The highest BCUT2D eigenvalue weighted by Crippen LogP contribution is 2.32. The third kappa shape index (κ3) is 6.33. The molecule has 128 valence electrons. The number of rotatable bonds is 11. The third-order valence-corrected chi connectivity index (χ3v) is 4.50. The van der Waals surface area contributed by atoms with Crippen LogP contribution in [0.4, 0.5) is 0 Å². The summed E-state index contributed by atoms with van der Waals surface area (Å²) in [7, 11) is 0. The molecule has 1 nitrogen and oxygen atoms in total. The molecule has 0 saturated carbocycles. The number of carbonyl (C=O) groups is 1. The van der Waals surface area contributed by atoms with Crippen molar-refractivity contribution in [2.45, 2.75) is 85.5 Å². The van der Waals surface area contributed by atoms with Gasteiger partial charge in [-0.25, -0.2) is 0 Å². The molecule has 1 aromatic rings. The maximum absolute atomic E-state index is 12.1. The van der Waals surface area contributed by atoms with Crippen molar-refractivity contribution in [3.63, 3.8) is 0 Å². The van der Waals surface area contributed by atoms with Gasteiger partial charge in [0.1, 0.15) is 0 Å². The van der Waals surface area contributed by atoms with Gasteiger partial charge in [-0.3, -0.25) is 4.79 Å². The first-order valence-corrected chi connectivity index (χ1v) is 9.46. The molecule has 0 bridgehead atoms. The predicted molar refractivity (Wildman–Crippen MR) is 102 cm³/mol. The van der Waals surface area contributed by atoms with E-state index in [1.54, 1.807) is 12.5 Å². The number of benzene rings is 1. The van der Waals surface area contributed by atoms with Crippen molar-refractivity contribution >= 4 is 11.4 Å². The normalized spacial score (nSPS) is 10.6. The number of hydrogen-bond acceptors (Lipinski definition) is 1. The van der Waals surface area contributed by atoms with Gasteiger partial charge in [0.05, 0.1) is 0 Å². The van der Waals surface area contributed by atoms with E-state index in [1.807, 2.05) is 12.1 Å². The summed E-state index contributed by atoms with van der Waals surface area (Å²) < 4.78 is 0. The van der Waals surface area contributed by atoms with E-state index in [4.69, 9.17) is 0 Å². The van der Waals surface area contributed by atoms with Crippen LogP contribution in [0.25, 0.3) is 5.57 Å². The molecular formula is C22H34O. The van der Waals surface area contributed by atoms with Crippen LogP contribution >= 0.6 is 0 Å². The zero-order chi connectivity index (χ0) is 17.1. The summed E-state index contributed by atoms with van der Waals surface area (Å²) in [5.74, 6) is 0.180. The van der Waals surface area contributed by atoms with Crippen LogP contribution in [0, 0.1) is 0 Å². The monoisotopic (exact) mass is 314 g/mol. The van der Waals surface area contributed by atoms with Gasteiger partial charge in [0, 0.05) is 5.56 Å². The molecule has 0 atom stereocenters. The number of hydrogen-bond donors (Lipinski definition) is 0. The number of allylic oxidation sites excluding steroid dienone is 2. The van der Waals surface area contributed by atoms with Crippen molar-refractivity contribution in [2.24, 2.45) is 0 Å². The Kier molecular flexibility index (Phi) is 9.59. The molecule has 1 rings (SSSR count). The second-order valence-electron chi connectivity index (χ2n) is 6.49. The van der Waals surface area contributed by atoms with Gasteiger partial charge in [0.2, 0.25) is 0 Å². The Morgan fingerprint density at radius 1 is 0.783 bits per heavy atom. The molecule has 0 fully saturated rings. The minimum atomic E-state index is 0.180. The Bertz CT molecular complexity index is 500. The lowest BCUT2D eigenvalue weighted by Crippen LogP contribution is -2.02. The number of ketones is 1. The fourth-order valence-corrected chi connectivity index (χ4v) is 3.12. The second kappa shape index (κ2) is 11.2. The highest BCUT2D eigenvalue weighted by molar-refractivity contribution is 5.99. The van der Waals surface area contributed by atoms with Crippen molar-refractivity contribution < 1.29 is 4.79 Å². The molecule has 0 radical (unpaired) electrons. The molecule has 0 heterocycles. The smallest absolute Gasteiger partial charge is 0.160 e. The SMILES string of the molecule is CCCCC(CCCC)=C(CCCC)c1ccccc1C(C)=O. The molecular weight excluding hydrogens is 280 g/mol. The molecule has 0 aliphatic heterocycles. The van der Waals surface area contributed by atoms with Crippen molar-refractivity contribution in [3.8, 4) is 0 Å². The predicted octanol–water partition coefficient (Wildman–Crippen LogP) is 7.21. The maximum Gasteiger partial charge on any atom is 0.160 e. The molecule has 1 aromatic carbocycles.